The highest BCUT2D eigenvalue weighted by atomic mass is 19.1. The van der Waals surface area contributed by atoms with Crippen LogP contribution in [0.5, 0.6) is 0 Å². The second-order valence-electron chi connectivity index (χ2n) is 8.57. The van der Waals surface area contributed by atoms with Gasteiger partial charge in [-0.15, -0.1) is 0 Å². The minimum absolute atomic E-state index is 0.220. The van der Waals surface area contributed by atoms with Crippen LogP contribution in [-0.4, -0.2) is 34.0 Å². The van der Waals surface area contributed by atoms with E-state index in [9.17, 15) is 4.39 Å². The van der Waals surface area contributed by atoms with Crippen molar-refractivity contribution < 1.29 is 4.39 Å². The third-order valence-electron chi connectivity index (χ3n) is 6.58. The molecule has 0 spiro atoms. The summed E-state index contributed by atoms with van der Waals surface area (Å²) in [6.45, 7) is 4.65. The first kappa shape index (κ1) is 19.3. The summed E-state index contributed by atoms with van der Waals surface area (Å²) >= 11 is 0. The summed E-state index contributed by atoms with van der Waals surface area (Å²) in [4.78, 5) is 10.8. The highest BCUT2D eigenvalue weighted by molar-refractivity contribution is 5.90. The molecule has 2 unspecified atom stereocenters. The van der Waals surface area contributed by atoms with Crippen LogP contribution in [0.3, 0.4) is 0 Å². The van der Waals surface area contributed by atoms with Crippen molar-refractivity contribution in [1.29, 1.82) is 0 Å². The van der Waals surface area contributed by atoms with E-state index in [0.29, 0.717) is 6.04 Å². The molecule has 2 atom stereocenters. The van der Waals surface area contributed by atoms with Crippen LogP contribution < -0.4 is 0 Å². The van der Waals surface area contributed by atoms with Gasteiger partial charge >= 0.3 is 0 Å². The second kappa shape index (κ2) is 8.19. The molecule has 1 fully saturated rings. The van der Waals surface area contributed by atoms with E-state index in [2.05, 4.69) is 40.1 Å². The average Bonchev–Trinajstić information content (AvgIpc) is 3.38. The van der Waals surface area contributed by atoms with Gasteiger partial charge in [0, 0.05) is 42.7 Å². The van der Waals surface area contributed by atoms with Crippen molar-refractivity contribution in [1.82, 2.24) is 14.9 Å². The number of hydrogen-bond donors (Lipinski definition) is 1. The zero-order chi connectivity index (χ0) is 20.5. The van der Waals surface area contributed by atoms with Gasteiger partial charge in [0.25, 0.3) is 0 Å². The van der Waals surface area contributed by atoms with Gasteiger partial charge in [-0.05, 0) is 72.7 Å². The summed E-state index contributed by atoms with van der Waals surface area (Å²) in [5.41, 5.74) is 6.68. The Morgan fingerprint density at radius 2 is 2.03 bits per heavy atom. The number of halogens is 1. The maximum atomic E-state index is 13.5. The van der Waals surface area contributed by atoms with E-state index in [4.69, 9.17) is 0 Å². The van der Waals surface area contributed by atoms with E-state index in [1.807, 2.05) is 30.5 Å². The number of nitrogens with one attached hydrogen (secondary N) is 1. The van der Waals surface area contributed by atoms with Gasteiger partial charge in [0.15, 0.2) is 0 Å². The van der Waals surface area contributed by atoms with Gasteiger partial charge in [-0.3, -0.25) is 9.88 Å². The number of benzene rings is 1. The molecule has 0 bridgehead atoms. The van der Waals surface area contributed by atoms with Crippen molar-refractivity contribution >= 4 is 5.57 Å². The first-order valence-corrected chi connectivity index (χ1v) is 11.1. The zero-order valence-electron chi connectivity index (χ0n) is 17.4. The lowest BCUT2D eigenvalue weighted by atomic mass is 9.91. The second-order valence-corrected chi connectivity index (χ2v) is 8.57. The van der Waals surface area contributed by atoms with Crippen molar-refractivity contribution in [2.45, 2.75) is 38.6 Å². The van der Waals surface area contributed by atoms with Crippen LogP contribution in [0.25, 0.3) is 28.1 Å². The molecule has 0 saturated carbocycles. The summed E-state index contributed by atoms with van der Waals surface area (Å²) in [6.07, 6.45) is 11.4. The predicted octanol–water partition coefficient (Wildman–Crippen LogP) is 6.16. The Hall–Kier alpha value is -2.72. The predicted molar refractivity (Wildman–Crippen MR) is 120 cm³/mol. The number of aromatic nitrogens is 2. The molecule has 2 aromatic heterocycles. The van der Waals surface area contributed by atoms with Gasteiger partial charge in [0.2, 0.25) is 0 Å². The molecular weight excluding hydrogens is 373 g/mol. The maximum Gasteiger partial charge on any atom is 0.123 e. The first-order valence-electron chi connectivity index (χ1n) is 11.1. The van der Waals surface area contributed by atoms with Crippen molar-refractivity contribution in [3.8, 4) is 22.5 Å². The normalized spacial score (nSPS) is 21.5. The van der Waals surface area contributed by atoms with E-state index in [-0.39, 0.29) is 5.82 Å². The monoisotopic (exact) mass is 401 g/mol. The molecule has 0 aliphatic carbocycles. The Morgan fingerprint density at radius 3 is 2.80 bits per heavy atom. The lowest BCUT2D eigenvalue weighted by Crippen LogP contribution is -2.32. The van der Waals surface area contributed by atoms with Crippen LogP contribution in [-0.2, 0) is 0 Å². The third kappa shape index (κ3) is 3.61. The Kier molecular flexibility index (Phi) is 5.26. The van der Waals surface area contributed by atoms with Crippen molar-refractivity contribution in [2.75, 3.05) is 13.1 Å². The summed E-state index contributed by atoms with van der Waals surface area (Å²) in [7, 11) is 0. The number of hydrogen-bond acceptors (Lipinski definition) is 2. The summed E-state index contributed by atoms with van der Waals surface area (Å²) in [5, 5.41) is 0. The van der Waals surface area contributed by atoms with E-state index in [0.717, 1.165) is 41.4 Å². The van der Waals surface area contributed by atoms with Crippen molar-refractivity contribution in [3.05, 3.63) is 72.3 Å². The molecule has 30 heavy (non-hydrogen) atoms. The highest BCUT2D eigenvalue weighted by Gasteiger charge is 2.33. The minimum atomic E-state index is -0.220. The molecule has 5 rings (SSSR count). The molecule has 1 saturated heterocycles. The lowest BCUT2D eigenvalue weighted by Gasteiger charge is -2.28. The Labute approximate surface area is 177 Å². The fourth-order valence-corrected chi connectivity index (χ4v) is 5.18. The minimum Gasteiger partial charge on any atom is -0.360 e. The van der Waals surface area contributed by atoms with Gasteiger partial charge in [0.1, 0.15) is 5.82 Å². The van der Waals surface area contributed by atoms with Crippen LogP contribution >= 0.6 is 0 Å². The number of fused-ring (bicyclic) bond motifs is 1. The number of nitrogens with zero attached hydrogens (tertiary/aromatic N) is 2. The fraction of sp³-hybridized carbons (Fsp3) is 0.346. The molecule has 4 heteroatoms. The molecule has 0 amide bonds. The zero-order valence-corrected chi connectivity index (χ0v) is 17.4. The Balaban J connectivity index is 1.56. The summed E-state index contributed by atoms with van der Waals surface area (Å²) in [5.74, 6) is 0.606. The number of H-pyrrole nitrogens is 1. The summed E-state index contributed by atoms with van der Waals surface area (Å²) < 4.78 is 13.5. The maximum absolute atomic E-state index is 13.5. The largest absolute Gasteiger partial charge is 0.360 e. The van der Waals surface area contributed by atoms with E-state index >= 15 is 0 Å². The molecule has 1 aromatic carbocycles. The molecule has 2 aliphatic heterocycles. The Bertz CT molecular complexity index is 1040. The first-order chi connectivity index (χ1) is 14.7. The van der Waals surface area contributed by atoms with Crippen LogP contribution in [0.15, 0.2) is 60.9 Å². The quantitative estimate of drug-likeness (QED) is 0.555. The topological polar surface area (TPSA) is 31.9 Å². The van der Waals surface area contributed by atoms with E-state index in [1.165, 1.54) is 49.1 Å². The van der Waals surface area contributed by atoms with Crippen LogP contribution in [0.2, 0.25) is 0 Å². The van der Waals surface area contributed by atoms with Gasteiger partial charge in [-0.2, -0.15) is 0 Å². The number of pyridine rings is 1. The van der Waals surface area contributed by atoms with E-state index < -0.39 is 0 Å². The molecule has 4 heterocycles. The smallest absolute Gasteiger partial charge is 0.123 e. The van der Waals surface area contributed by atoms with Crippen LogP contribution in [0, 0.1) is 11.7 Å². The number of rotatable bonds is 5. The van der Waals surface area contributed by atoms with Crippen LogP contribution in [0.4, 0.5) is 4.39 Å². The average molecular weight is 402 g/mol. The molecule has 1 N–H and O–H groups in total. The van der Waals surface area contributed by atoms with Crippen molar-refractivity contribution in [3.63, 3.8) is 0 Å². The molecule has 3 aromatic rings. The standard InChI is InChI=1S/C26H28FN3/c1-2-5-18-14-22-15-20(11-13-30(22)17-18)23-16-29-26(19-7-9-21(27)10-8-19)25(23)24-6-3-4-12-28-24/h3-4,6-10,12,15-16,18,22,29H,2,5,11,13-14,17H2,1H3. The van der Waals surface area contributed by atoms with Crippen molar-refractivity contribution in [2.24, 2.45) is 5.92 Å². The number of aromatic amines is 1. The van der Waals surface area contributed by atoms with E-state index in [1.54, 1.807) is 0 Å². The lowest BCUT2D eigenvalue weighted by molar-refractivity contribution is 0.280. The molecule has 0 radical (unpaired) electrons. The van der Waals surface area contributed by atoms with Crippen LogP contribution in [0.1, 0.15) is 38.2 Å². The molecule has 2 aliphatic rings. The molecule has 154 valence electrons. The van der Waals surface area contributed by atoms with Gasteiger partial charge in [-0.25, -0.2) is 4.39 Å². The Morgan fingerprint density at radius 1 is 1.17 bits per heavy atom. The molecular formula is C26H28FN3. The fourth-order valence-electron chi connectivity index (χ4n) is 5.18. The van der Waals surface area contributed by atoms with Gasteiger partial charge in [-0.1, -0.05) is 25.5 Å². The summed E-state index contributed by atoms with van der Waals surface area (Å²) in [6, 6.07) is 13.3. The third-order valence-corrected chi connectivity index (χ3v) is 6.58. The van der Waals surface area contributed by atoms with Gasteiger partial charge in [0.05, 0.1) is 11.4 Å². The highest BCUT2D eigenvalue weighted by Crippen LogP contribution is 2.41. The van der Waals surface area contributed by atoms with Gasteiger partial charge < -0.3 is 4.98 Å². The molecule has 3 nitrogen and oxygen atoms in total. The SMILES string of the molecule is CCCC1CC2C=C(c3c[nH]c(-c4ccc(F)cc4)c3-c3ccccn3)CCN2C1.